The van der Waals surface area contributed by atoms with E-state index in [2.05, 4.69) is 31.0 Å². The number of carboxylic acids is 1. The van der Waals surface area contributed by atoms with Crippen molar-refractivity contribution in [2.75, 3.05) is 0 Å². The van der Waals surface area contributed by atoms with E-state index in [1.165, 1.54) is 0 Å². The summed E-state index contributed by atoms with van der Waals surface area (Å²) in [5.41, 5.74) is 0.0939. The Hall–Kier alpha value is -1.39. The number of hydrogen-bond acceptors (Lipinski definition) is 4. The molecule has 5 heteroatoms. The van der Waals surface area contributed by atoms with Gasteiger partial charge >= 0.3 is 5.97 Å². The molecule has 0 saturated carbocycles. The number of carbonyl (C=O) groups is 1. The SMILES string of the molecule is CC(C)(C)Cc1nnc(CCC(=O)O)o1. The Bertz CT molecular complexity index is 339. The van der Waals surface area contributed by atoms with Gasteiger partial charge in [-0.15, -0.1) is 10.2 Å². The first-order valence-corrected chi connectivity index (χ1v) is 4.90. The van der Waals surface area contributed by atoms with E-state index in [-0.39, 0.29) is 11.8 Å². The zero-order valence-electron chi connectivity index (χ0n) is 9.28. The van der Waals surface area contributed by atoms with E-state index >= 15 is 0 Å². The van der Waals surface area contributed by atoms with Crippen molar-refractivity contribution < 1.29 is 14.3 Å². The molecule has 0 aromatic carbocycles. The molecule has 1 aromatic heterocycles. The lowest BCUT2D eigenvalue weighted by molar-refractivity contribution is -0.137. The molecule has 15 heavy (non-hydrogen) atoms. The lowest BCUT2D eigenvalue weighted by Crippen LogP contribution is -2.09. The predicted octanol–water partition coefficient (Wildman–Crippen LogP) is 1.68. The molecular formula is C10H16N2O3. The standard InChI is InChI=1S/C10H16N2O3/c1-10(2,3)6-8-12-11-7(15-8)4-5-9(13)14/h4-6H2,1-3H3,(H,13,14). The zero-order chi connectivity index (χ0) is 11.5. The minimum absolute atomic E-state index is 0.0250. The number of carboxylic acid groups (broad SMARTS) is 1. The summed E-state index contributed by atoms with van der Waals surface area (Å²) in [6.45, 7) is 6.23. The van der Waals surface area contributed by atoms with Crippen molar-refractivity contribution in [3.63, 3.8) is 0 Å². The van der Waals surface area contributed by atoms with Crippen molar-refractivity contribution in [3.8, 4) is 0 Å². The van der Waals surface area contributed by atoms with Crippen molar-refractivity contribution in [3.05, 3.63) is 11.8 Å². The summed E-state index contributed by atoms with van der Waals surface area (Å²) in [6, 6.07) is 0. The van der Waals surface area contributed by atoms with Crippen LogP contribution in [0.3, 0.4) is 0 Å². The minimum atomic E-state index is -0.856. The van der Waals surface area contributed by atoms with E-state index in [1.54, 1.807) is 0 Å². The number of aryl methyl sites for hydroxylation is 1. The fourth-order valence-electron chi connectivity index (χ4n) is 1.13. The summed E-state index contributed by atoms with van der Waals surface area (Å²) < 4.78 is 5.32. The van der Waals surface area contributed by atoms with Gasteiger partial charge in [-0.2, -0.15) is 0 Å². The molecule has 0 fully saturated rings. The molecule has 0 spiro atoms. The summed E-state index contributed by atoms with van der Waals surface area (Å²) in [5, 5.41) is 16.1. The lowest BCUT2D eigenvalue weighted by Gasteiger charge is -2.14. The number of rotatable bonds is 4. The van der Waals surface area contributed by atoms with Crippen LogP contribution in [0.15, 0.2) is 4.42 Å². The molecule has 1 rings (SSSR count). The van der Waals surface area contributed by atoms with Crippen LogP contribution >= 0.6 is 0 Å². The van der Waals surface area contributed by atoms with Crippen LogP contribution in [-0.4, -0.2) is 21.3 Å². The second-order valence-electron chi connectivity index (χ2n) is 4.72. The van der Waals surface area contributed by atoms with Gasteiger partial charge in [-0.1, -0.05) is 20.8 Å². The molecular weight excluding hydrogens is 196 g/mol. The average Bonchev–Trinajstić information content (AvgIpc) is 2.45. The van der Waals surface area contributed by atoms with Crippen molar-refractivity contribution >= 4 is 5.97 Å². The maximum atomic E-state index is 10.3. The first kappa shape index (κ1) is 11.7. The van der Waals surface area contributed by atoms with Crippen LogP contribution < -0.4 is 0 Å². The van der Waals surface area contributed by atoms with Gasteiger partial charge in [-0.3, -0.25) is 4.79 Å². The molecule has 0 aliphatic carbocycles. The van der Waals surface area contributed by atoms with Crippen LogP contribution in [0.1, 0.15) is 39.0 Å². The van der Waals surface area contributed by atoms with Crippen LogP contribution in [0.4, 0.5) is 0 Å². The zero-order valence-corrected chi connectivity index (χ0v) is 9.28. The van der Waals surface area contributed by atoms with Crippen molar-refractivity contribution in [2.24, 2.45) is 5.41 Å². The molecule has 1 N–H and O–H groups in total. The van der Waals surface area contributed by atoms with E-state index in [9.17, 15) is 4.79 Å². The van der Waals surface area contributed by atoms with Crippen LogP contribution in [0.5, 0.6) is 0 Å². The highest BCUT2D eigenvalue weighted by Crippen LogP contribution is 2.19. The van der Waals surface area contributed by atoms with Gasteiger partial charge in [0.15, 0.2) is 0 Å². The van der Waals surface area contributed by atoms with Crippen molar-refractivity contribution in [2.45, 2.75) is 40.0 Å². The van der Waals surface area contributed by atoms with Gasteiger partial charge in [0.25, 0.3) is 0 Å². The highest BCUT2D eigenvalue weighted by Gasteiger charge is 2.16. The van der Waals surface area contributed by atoms with Gasteiger partial charge in [-0.25, -0.2) is 0 Å². The number of nitrogens with zero attached hydrogens (tertiary/aromatic N) is 2. The van der Waals surface area contributed by atoms with Crippen LogP contribution in [0.2, 0.25) is 0 Å². The van der Waals surface area contributed by atoms with Gasteiger partial charge in [0.05, 0.1) is 6.42 Å². The second-order valence-corrected chi connectivity index (χ2v) is 4.72. The highest BCUT2D eigenvalue weighted by atomic mass is 16.4. The molecule has 0 unspecified atom stereocenters. The molecule has 84 valence electrons. The third-order valence-electron chi connectivity index (χ3n) is 1.74. The summed E-state index contributed by atoms with van der Waals surface area (Å²) in [5.74, 6) is 0.116. The summed E-state index contributed by atoms with van der Waals surface area (Å²) >= 11 is 0. The molecule has 0 aliphatic rings. The fraction of sp³-hybridized carbons (Fsp3) is 0.700. The Morgan fingerprint density at radius 2 is 1.93 bits per heavy atom. The number of aliphatic carboxylic acids is 1. The number of aromatic nitrogens is 2. The van der Waals surface area contributed by atoms with Crippen LogP contribution in [0.25, 0.3) is 0 Å². The fourth-order valence-corrected chi connectivity index (χ4v) is 1.13. The number of hydrogen-bond donors (Lipinski definition) is 1. The Balaban J connectivity index is 2.53. The quantitative estimate of drug-likeness (QED) is 0.821. The molecule has 1 aromatic rings. The monoisotopic (exact) mass is 212 g/mol. The van der Waals surface area contributed by atoms with E-state index in [1.807, 2.05) is 0 Å². The predicted molar refractivity (Wildman–Crippen MR) is 53.4 cm³/mol. The first-order valence-electron chi connectivity index (χ1n) is 4.90. The third-order valence-corrected chi connectivity index (χ3v) is 1.74. The van der Waals surface area contributed by atoms with Gasteiger partial charge in [0, 0.05) is 12.8 Å². The van der Waals surface area contributed by atoms with E-state index < -0.39 is 5.97 Å². The van der Waals surface area contributed by atoms with Crippen LogP contribution in [0, 0.1) is 5.41 Å². The van der Waals surface area contributed by atoms with Gasteiger partial charge in [0.1, 0.15) is 0 Å². The molecule has 0 aliphatic heterocycles. The summed E-state index contributed by atoms with van der Waals surface area (Å²) in [6.07, 6.45) is 1.02. The largest absolute Gasteiger partial charge is 0.481 e. The maximum Gasteiger partial charge on any atom is 0.303 e. The summed E-state index contributed by atoms with van der Waals surface area (Å²) in [7, 11) is 0. The Kier molecular flexibility index (Phi) is 3.44. The van der Waals surface area contributed by atoms with Gasteiger partial charge in [0.2, 0.25) is 11.8 Å². The Labute approximate surface area is 88.5 Å². The van der Waals surface area contributed by atoms with Gasteiger partial charge < -0.3 is 9.52 Å². The second kappa shape index (κ2) is 4.42. The normalized spacial score (nSPS) is 11.7. The first-order chi connectivity index (χ1) is 6.87. The third kappa shape index (κ3) is 4.58. The Morgan fingerprint density at radius 1 is 1.33 bits per heavy atom. The molecule has 0 bridgehead atoms. The summed E-state index contributed by atoms with van der Waals surface area (Å²) in [4.78, 5) is 10.3. The lowest BCUT2D eigenvalue weighted by atomic mass is 9.92. The molecule has 0 atom stereocenters. The van der Waals surface area contributed by atoms with E-state index in [0.717, 1.165) is 0 Å². The molecule has 0 radical (unpaired) electrons. The van der Waals surface area contributed by atoms with Crippen molar-refractivity contribution in [1.29, 1.82) is 0 Å². The molecule has 0 amide bonds. The maximum absolute atomic E-state index is 10.3. The van der Waals surface area contributed by atoms with E-state index in [0.29, 0.717) is 24.6 Å². The smallest absolute Gasteiger partial charge is 0.303 e. The molecule has 5 nitrogen and oxygen atoms in total. The topological polar surface area (TPSA) is 76.2 Å². The molecule has 1 heterocycles. The van der Waals surface area contributed by atoms with Crippen LogP contribution in [-0.2, 0) is 17.6 Å². The highest BCUT2D eigenvalue weighted by molar-refractivity contribution is 5.66. The molecule has 0 saturated heterocycles. The van der Waals surface area contributed by atoms with Gasteiger partial charge in [-0.05, 0) is 5.41 Å². The Morgan fingerprint density at radius 3 is 2.47 bits per heavy atom. The van der Waals surface area contributed by atoms with E-state index in [4.69, 9.17) is 9.52 Å². The average molecular weight is 212 g/mol. The minimum Gasteiger partial charge on any atom is -0.481 e. The van der Waals surface area contributed by atoms with Crippen molar-refractivity contribution in [1.82, 2.24) is 10.2 Å².